The summed E-state index contributed by atoms with van der Waals surface area (Å²) in [5, 5.41) is 10.3. The topological polar surface area (TPSA) is 58.4 Å². The van der Waals surface area contributed by atoms with E-state index >= 15 is 0 Å². The summed E-state index contributed by atoms with van der Waals surface area (Å²) in [5.74, 6) is 0.754. The van der Waals surface area contributed by atoms with Crippen molar-refractivity contribution >= 4 is 23.2 Å². The number of imidazole rings is 1. The van der Waals surface area contributed by atoms with Crippen LogP contribution in [0.4, 0.5) is 0 Å². The van der Waals surface area contributed by atoms with Crippen LogP contribution < -0.4 is 0 Å². The van der Waals surface area contributed by atoms with E-state index in [4.69, 9.17) is 0 Å². The molecule has 0 saturated heterocycles. The molecule has 0 fully saturated rings. The minimum Gasteiger partial charge on any atom is -0.508 e. The summed E-state index contributed by atoms with van der Waals surface area (Å²) in [7, 11) is 0. The quantitative estimate of drug-likeness (QED) is 0.614. The van der Waals surface area contributed by atoms with Crippen molar-refractivity contribution in [2.75, 3.05) is 18.8 Å². The van der Waals surface area contributed by atoms with Gasteiger partial charge in [0, 0.05) is 25.5 Å². The number of nitrogens with zero attached hydrogens (tertiary/aromatic N) is 3. The van der Waals surface area contributed by atoms with Gasteiger partial charge in [0.1, 0.15) is 5.75 Å². The number of hydrogen-bond acceptors (Lipinski definition) is 4. The molecule has 0 spiro atoms. The van der Waals surface area contributed by atoms with Crippen LogP contribution in [-0.4, -0.2) is 44.3 Å². The number of phenolic OH excluding ortho intramolecular Hbond substituents is 1. The number of aryl methyl sites for hydroxylation is 1. The van der Waals surface area contributed by atoms with Gasteiger partial charge in [-0.1, -0.05) is 42.1 Å². The third-order valence-corrected chi connectivity index (χ3v) is 6.52. The first-order valence-electron chi connectivity index (χ1n) is 10.0. The van der Waals surface area contributed by atoms with Crippen molar-refractivity contribution < 1.29 is 9.90 Å². The average Bonchev–Trinajstić information content (AvgIpc) is 3.23. The van der Waals surface area contributed by atoms with Crippen LogP contribution in [0.3, 0.4) is 0 Å². The highest BCUT2D eigenvalue weighted by Crippen LogP contribution is 2.26. The number of aromatic nitrogens is 2. The van der Waals surface area contributed by atoms with Crippen molar-refractivity contribution in [2.45, 2.75) is 25.4 Å². The first-order valence-corrected chi connectivity index (χ1v) is 11.0. The van der Waals surface area contributed by atoms with Gasteiger partial charge in [-0.2, -0.15) is 0 Å². The molecule has 154 valence electrons. The van der Waals surface area contributed by atoms with Crippen LogP contribution >= 0.6 is 11.8 Å². The van der Waals surface area contributed by atoms with Crippen LogP contribution in [0.15, 0.2) is 66.1 Å². The zero-order valence-corrected chi connectivity index (χ0v) is 18.0. The Morgan fingerprint density at radius 1 is 1.17 bits per heavy atom. The van der Waals surface area contributed by atoms with E-state index in [9.17, 15) is 9.90 Å². The van der Waals surface area contributed by atoms with E-state index in [0.29, 0.717) is 18.8 Å². The molecule has 1 amide bonds. The molecule has 0 unspecified atom stereocenters. The number of thioether (sulfide) groups is 1. The fourth-order valence-electron chi connectivity index (χ4n) is 3.63. The predicted molar refractivity (Wildman–Crippen MR) is 121 cm³/mol. The van der Waals surface area contributed by atoms with Gasteiger partial charge in [0.15, 0.2) is 5.16 Å². The molecule has 1 aliphatic rings. The SMILES string of the molecule is Cc1cccc(-n2ccnc2SCC(=O)N2CC=C(c3ccc(O)cc3)CC2)c1C. The van der Waals surface area contributed by atoms with Gasteiger partial charge in [0.05, 0.1) is 11.4 Å². The van der Waals surface area contributed by atoms with E-state index in [1.54, 1.807) is 18.3 Å². The standard InChI is InChI=1S/C24H25N3O2S/c1-17-4-3-5-22(18(17)2)27-15-12-25-24(27)30-16-23(29)26-13-10-20(11-14-26)19-6-8-21(28)9-7-19/h3-10,12,15,28H,11,13-14,16H2,1-2H3. The molecule has 0 atom stereocenters. The molecule has 1 N–H and O–H groups in total. The second-order valence-corrected chi connectivity index (χ2v) is 8.40. The summed E-state index contributed by atoms with van der Waals surface area (Å²) >= 11 is 1.48. The smallest absolute Gasteiger partial charge is 0.233 e. The fraction of sp³-hybridized carbons (Fsp3) is 0.250. The van der Waals surface area contributed by atoms with Crippen LogP contribution in [0.2, 0.25) is 0 Å². The van der Waals surface area contributed by atoms with E-state index in [2.05, 4.69) is 41.6 Å². The predicted octanol–water partition coefficient (Wildman–Crippen LogP) is 4.60. The minimum absolute atomic E-state index is 0.122. The van der Waals surface area contributed by atoms with Crippen LogP contribution in [-0.2, 0) is 4.79 Å². The summed E-state index contributed by atoms with van der Waals surface area (Å²) in [6.07, 6.45) is 6.65. The lowest BCUT2D eigenvalue weighted by Gasteiger charge is -2.26. The maximum atomic E-state index is 12.8. The van der Waals surface area contributed by atoms with Crippen LogP contribution in [0.1, 0.15) is 23.1 Å². The Balaban J connectivity index is 1.39. The summed E-state index contributed by atoms with van der Waals surface area (Å²) in [6, 6.07) is 13.5. The molecule has 2 aromatic carbocycles. The Morgan fingerprint density at radius 2 is 1.97 bits per heavy atom. The molecular weight excluding hydrogens is 394 g/mol. The van der Waals surface area contributed by atoms with Crippen LogP contribution in [0, 0.1) is 13.8 Å². The molecule has 1 aromatic heterocycles. The zero-order chi connectivity index (χ0) is 21.1. The Hall–Kier alpha value is -2.99. The first-order chi connectivity index (χ1) is 14.5. The minimum atomic E-state index is 0.122. The molecular formula is C24H25N3O2S. The molecule has 5 nitrogen and oxygen atoms in total. The third-order valence-electron chi connectivity index (χ3n) is 5.57. The summed E-state index contributed by atoms with van der Waals surface area (Å²) < 4.78 is 2.05. The van der Waals surface area contributed by atoms with Gasteiger partial charge in [-0.25, -0.2) is 4.98 Å². The number of carbonyl (C=O) groups is 1. The van der Waals surface area contributed by atoms with Gasteiger partial charge < -0.3 is 10.0 Å². The van der Waals surface area contributed by atoms with Crippen LogP contribution in [0.5, 0.6) is 5.75 Å². The van der Waals surface area contributed by atoms with Crippen molar-refractivity contribution in [2.24, 2.45) is 0 Å². The number of carbonyl (C=O) groups excluding carboxylic acids is 1. The first kappa shape index (κ1) is 20.3. The van der Waals surface area contributed by atoms with Crippen LogP contribution in [0.25, 0.3) is 11.3 Å². The Kier molecular flexibility index (Phi) is 5.95. The lowest BCUT2D eigenvalue weighted by Crippen LogP contribution is -2.35. The molecule has 0 aliphatic carbocycles. The largest absolute Gasteiger partial charge is 0.508 e. The number of benzene rings is 2. The lowest BCUT2D eigenvalue weighted by molar-refractivity contribution is -0.127. The molecule has 30 heavy (non-hydrogen) atoms. The Morgan fingerprint density at radius 3 is 2.70 bits per heavy atom. The summed E-state index contributed by atoms with van der Waals surface area (Å²) in [4.78, 5) is 19.1. The maximum Gasteiger partial charge on any atom is 0.233 e. The number of aromatic hydroxyl groups is 1. The van der Waals surface area contributed by atoms with Crippen molar-refractivity contribution in [1.29, 1.82) is 0 Å². The zero-order valence-electron chi connectivity index (χ0n) is 17.2. The second kappa shape index (κ2) is 8.79. The van der Waals surface area contributed by atoms with Crippen molar-refractivity contribution in [1.82, 2.24) is 14.5 Å². The average molecular weight is 420 g/mol. The lowest BCUT2D eigenvalue weighted by atomic mass is 9.99. The normalized spacial score (nSPS) is 13.9. The van der Waals surface area contributed by atoms with E-state index in [-0.39, 0.29) is 11.7 Å². The van der Waals surface area contributed by atoms with E-state index in [1.807, 2.05) is 29.3 Å². The summed E-state index contributed by atoms with van der Waals surface area (Å²) in [5.41, 5.74) is 5.87. The molecule has 0 radical (unpaired) electrons. The molecule has 0 saturated carbocycles. The monoisotopic (exact) mass is 419 g/mol. The van der Waals surface area contributed by atoms with E-state index in [1.165, 1.54) is 28.5 Å². The number of phenols is 1. The number of amides is 1. The molecule has 1 aliphatic heterocycles. The Bertz CT molecular complexity index is 1090. The highest BCUT2D eigenvalue weighted by molar-refractivity contribution is 7.99. The van der Waals surface area contributed by atoms with Gasteiger partial charge in [-0.3, -0.25) is 9.36 Å². The van der Waals surface area contributed by atoms with E-state index in [0.717, 1.165) is 22.8 Å². The van der Waals surface area contributed by atoms with Crippen molar-refractivity contribution in [3.05, 3.63) is 77.6 Å². The van der Waals surface area contributed by atoms with Gasteiger partial charge in [-0.15, -0.1) is 0 Å². The van der Waals surface area contributed by atoms with Gasteiger partial charge in [0.25, 0.3) is 0 Å². The fourth-order valence-corrected chi connectivity index (χ4v) is 4.50. The van der Waals surface area contributed by atoms with Gasteiger partial charge in [0.2, 0.25) is 5.91 Å². The molecule has 6 heteroatoms. The molecule has 3 aromatic rings. The number of hydrogen-bond donors (Lipinski definition) is 1. The highest BCUT2D eigenvalue weighted by atomic mass is 32.2. The van der Waals surface area contributed by atoms with Crippen molar-refractivity contribution in [3.63, 3.8) is 0 Å². The third kappa shape index (κ3) is 4.28. The highest BCUT2D eigenvalue weighted by Gasteiger charge is 2.19. The van der Waals surface area contributed by atoms with Crippen molar-refractivity contribution in [3.8, 4) is 11.4 Å². The molecule has 4 rings (SSSR count). The van der Waals surface area contributed by atoms with Gasteiger partial charge >= 0.3 is 0 Å². The number of rotatable bonds is 5. The van der Waals surface area contributed by atoms with Gasteiger partial charge in [-0.05, 0) is 60.7 Å². The molecule has 0 bridgehead atoms. The molecule has 2 heterocycles. The van der Waals surface area contributed by atoms with E-state index < -0.39 is 0 Å². The maximum absolute atomic E-state index is 12.8. The summed E-state index contributed by atoms with van der Waals surface area (Å²) in [6.45, 7) is 5.52. The Labute approximate surface area is 181 Å². The second-order valence-electron chi connectivity index (χ2n) is 7.45.